The smallest absolute Gasteiger partial charge is 0.302 e. The number of nitrogens with zero attached hydrogens (tertiary/aromatic N) is 1. The number of rotatable bonds is 6. The zero-order valence-corrected chi connectivity index (χ0v) is 11.3. The van der Waals surface area contributed by atoms with Gasteiger partial charge in [-0.1, -0.05) is 0 Å². The molecule has 98 valence electrons. The van der Waals surface area contributed by atoms with Crippen LogP contribution in [0.1, 0.15) is 10.6 Å². The molecule has 11 heteroatoms. The Morgan fingerprint density at radius 3 is 2.53 bits per heavy atom. The molecule has 8 nitrogen and oxygen atoms in total. The van der Waals surface area contributed by atoms with E-state index in [0.29, 0.717) is 6.42 Å². The fourth-order valence-electron chi connectivity index (χ4n) is 0.978. The van der Waals surface area contributed by atoms with E-state index in [9.17, 15) is 9.13 Å². The van der Waals surface area contributed by atoms with E-state index < -0.39 is 15.6 Å². The van der Waals surface area contributed by atoms with Crippen molar-refractivity contribution < 1.29 is 32.6 Å². The predicted molar refractivity (Wildman–Crippen MR) is 59.5 cm³/mol. The highest BCUT2D eigenvalue weighted by atomic mass is 32.1. The SMILES string of the molecule is Cc1ncsc1CCOP(=O)(O)OP(=O)(O)O. The van der Waals surface area contributed by atoms with E-state index in [1.54, 1.807) is 12.4 Å². The fraction of sp³-hybridized carbons (Fsp3) is 0.500. The third kappa shape index (κ3) is 5.85. The third-order valence-electron chi connectivity index (χ3n) is 1.64. The number of thiazole rings is 1. The summed E-state index contributed by atoms with van der Waals surface area (Å²) in [7, 11) is -9.77. The molecule has 3 N–H and O–H groups in total. The van der Waals surface area contributed by atoms with Crippen molar-refractivity contribution in [3.8, 4) is 0 Å². The molecule has 0 spiro atoms. The highest BCUT2D eigenvalue weighted by Crippen LogP contribution is 2.57. The van der Waals surface area contributed by atoms with Crippen LogP contribution >= 0.6 is 27.0 Å². The molecule has 1 atom stereocenters. The van der Waals surface area contributed by atoms with Gasteiger partial charge in [0.15, 0.2) is 0 Å². The van der Waals surface area contributed by atoms with Gasteiger partial charge in [0.05, 0.1) is 17.8 Å². The van der Waals surface area contributed by atoms with Gasteiger partial charge >= 0.3 is 15.6 Å². The van der Waals surface area contributed by atoms with Crippen molar-refractivity contribution in [3.05, 3.63) is 16.1 Å². The lowest BCUT2D eigenvalue weighted by Crippen LogP contribution is -1.99. The summed E-state index contributed by atoms with van der Waals surface area (Å²) in [5.74, 6) is 0. The number of hydrogen-bond donors (Lipinski definition) is 3. The molecule has 0 bridgehead atoms. The Labute approximate surface area is 101 Å². The van der Waals surface area contributed by atoms with Crippen LogP contribution in [0.4, 0.5) is 0 Å². The zero-order valence-electron chi connectivity index (χ0n) is 8.72. The van der Waals surface area contributed by atoms with Gasteiger partial charge in [0.1, 0.15) is 0 Å². The zero-order chi connectivity index (χ0) is 13.1. The molecule has 0 aliphatic heterocycles. The molecule has 1 rings (SSSR count). The van der Waals surface area contributed by atoms with Crippen LogP contribution in [-0.2, 0) is 24.4 Å². The van der Waals surface area contributed by atoms with Crippen molar-refractivity contribution in [2.75, 3.05) is 6.61 Å². The number of aryl methyl sites for hydroxylation is 1. The average molecular weight is 303 g/mol. The third-order valence-corrected chi connectivity index (χ3v) is 4.82. The lowest BCUT2D eigenvalue weighted by Gasteiger charge is -2.11. The quantitative estimate of drug-likeness (QED) is 0.669. The molecule has 1 unspecified atom stereocenters. The Morgan fingerprint density at radius 2 is 2.06 bits per heavy atom. The first kappa shape index (κ1) is 14.9. The maximum Gasteiger partial charge on any atom is 0.481 e. The first-order valence-electron chi connectivity index (χ1n) is 4.33. The van der Waals surface area contributed by atoms with Crippen LogP contribution in [0.25, 0.3) is 0 Å². The summed E-state index contributed by atoms with van der Waals surface area (Å²) in [6, 6.07) is 0. The minimum Gasteiger partial charge on any atom is -0.302 e. The Morgan fingerprint density at radius 1 is 1.41 bits per heavy atom. The van der Waals surface area contributed by atoms with Crippen molar-refractivity contribution in [2.45, 2.75) is 13.3 Å². The minimum atomic E-state index is -5.04. The number of phosphoric acid groups is 2. The lowest BCUT2D eigenvalue weighted by molar-refractivity contribution is 0.180. The standard InChI is InChI=1S/C6H11NO7P2S/c1-5-6(17-4-7-5)2-3-13-16(11,12)14-15(8,9)10/h4H,2-3H2,1H3,(H,11,12)(H2,8,9,10). The van der Waals surface area contributed by atoms with Gasteiger partial charge in [-0.2, -0.15) is 4.31 Å². The molecular formula is C6H11NO7P2S. The van der Waals surface area contributed by atoms with Gasteiger partial charge < -0.3 is 14.7 Å². The molecule has 0 saturated heterocycles. The second-order valence-corrected chi connectivity index (χ2v) is 6.75. The molecule has 0 aromatic carbocycles. The van der Waals surface area contributed by atoms with Gasteiger partial charge in [-0.15, -0.1) is 11.3 Å². The molecule has 1 aromatic rings. The summed E-state index contributed by atoms with van der Waals surface area (Å²) in [5.41, 5.74) is 2.40. The van der Waals surface area contributed by atoms with E-state index in [1.807, 2.05) is 0 Å². The van der Waals surface area contributed by atoms with E-state index >= 15 is 0 Å². The van der Waals surface area contributed by atoms with Gasteiger partial charge in [0.25, 0.3) is 0 Å². The van der Waals surface area contributed by atoms with Crippen molar-refractivity contribution in [3.63, 3.8) is 0 Å². The Balaban J connectivity index is 2.43. The normalized spacial score (nSPS) is 15.8. The Bertz CT molecular complexity index is 469. The summed E-state index contributed by atoms with van der Waals surface area (Å²) in [5, 5.41) is 0. The van der Waals surface area contributed by atoms with Crippen molar-refractivity contribution in [1.82, 2.24) is 4.98 Å². The van der Waals surface area contributed by atoms with Crippen LogP contribution in [0.2, 0.25) is 0 Å². The van der Waals surface area contributed by atoms with Gasteiger partial charge in [0, 0.05) is 11.3 Å². The Kier molecular flexibility index (Phi) is 5.00. The first-order chi connectivity index (χ1) is 7.70. The predicted octanol–water partition coefficient (Wildman–Crippen LogP) is 1.22. The van der Waals surface area contributed by atoms with Crippen molar-refractivity contribution in [2.24, 2.45) is 0 Å². The second kappa shape index (κ2) is 5.69. The maximum absolute atomic E-state index is 11.0. The van der Waals surface area contributed by atoms with E-state index in [-0.39, 0.29) is 6.61 Å². The monoisotopic (exact) mass is 303 g/mol. The number of aromatic nitrogens is 1. The van der Waals surface area contributed by atoms with E-state index in [4.69, 9.17) is 14.7 Å². The molecule has 1 heterocycles. The van der Waals surface area contributed by atoms with Gasteiger partial charge in [-0.25, -0.2) is 14.1 Å². The lowest BCUT2D eigenvalue weighted by atomic mass is 10.3. The molecule has 0 aliphatic carbocycles. The molecular weight excluding hydrogens is 292 g/mol. The van der Waals surface area contributed by atoms with Crippen molar-refractivity contribution >= 4 is 27.0 Å². The summed E-state index contributed by atoms with van der Waals surface area (Å²) in [6.07, 6.45) is 0.311. The van der Waals surface area contributed by atoms with Crippen LogP contribution < -0.4 is 0 Å². The minimum absolute atomic E-state index is 0.198. The van der Waals surface area contributed by atoms with E-state index in [1.165, 1.54) is 11.3 Å². The van der Waals surface area contributed by atoms with Gasteiger partial charge in [0.2, 0.25) is 0 Å². The van der Waals surface area contributed by atoms with Crippen LogP contribution in [0.15, 0.2) is 5.51 Å². The fourth-order valence-corrected chi connectivity index (χ4v) is 3.33. The molecule has 0 saturated carbocycles. The topological polar surface area (TPSA) is 126 Å². The highest BCUT2D eigenvalue weighted by molar-refractivity contribution is 7.60. The van der Waals surface area contributed by atoms with Crippen LogP contribution in [0.5, 0.6) is 0 Å². The summed E-state index contributed by atoms with van der Waals surface area (Å²) >= 11 is 1.36. The van der Waals surface area contributed by atoms with Crippen LogP contribution in [-0.4, -0.2) is 26.3 Å². The van der Waals surface area contributed by atoms with E-state index in [0.717, 1.165) is 10.6 Å². The number of phosphoric ester groups is 1. The molecule has 0 fully saturated rings. The molecule has 0 amide bonds. The Hall–Kier alpha value is -0.110. The van der Waals surface area contributed by atoms with Gasteiger partial charge in [-0.3, -0.25) is 4.52 Å². The number of hydrogen-bond acceptors (Lipinski definition) is 6. The van der Waals surface area contributed by atoms with Gasteiger partial charge in [-0.05, 0) is 6.92 Å². The maximum atomic E-state index is 11.0. The van der Waals surface area contributed by atoms with Crippen LogP contribution in [0.3, 0.4) is 0 Å². The van der Waals surface area contributed by atoms with Crippen LogP contribution in [0, 0.1) is 6.92 Å². The summed E-state index contributed by atoms with van der Waals surface area (Å²) < 4.78 is 29.4. The molecule has 1 aromatic heterocycles. The largest absolute Gasteiger partial charge is 0.481 e. The summed E-state index contributed by atoms with van der Waals surface area (Å²) in [6.45, 7) is 1.58. The highest BCUT2D eigenvalue weighted by Gasteiger charge is 2.32. The first-order valence-corrected chi connectivity index (χ1v) is 8.23. The summed E-state index contributed by atoms with van der Waals surface area (Å²) in [4.78, 5) is 30.5. The van der Waals surface area contributed by atoms with Crippen molar-refractivity contribution in [1.29, 1.82) is 0 Å². The molecule has 17 heavy (non-hydrogen) atoms. The second-order valence-electron chi connectivity index (χ2n) is 2.98. The molecule has 0 aliphatic rings. The van der Waals surface area contributed by atoms with E-state index in [2.05, 4.69) is 13.8 Å². The molecule has 0 radical (unpaired) electrons. The average Bonchev–Trinajstić information content (AvgIpc) is 2.47.